The van der Waals surface area contributed by atoms with Gasteiger partial charge in [0.15, 0.2) is 5.72 Å². The second-order valence-corrected chi connectivity index (χ2v) is 5.77. The van der Waals surface area contributed by atoms with E-state index in [9.17, 15) is 18.3 Å². The molecule has 124 valence electrons. The Balaban J connectivity index is 2.07. The van der Waals surface area contributed by atoms with Gasteiger partial charge in [0.2, 0.25) is 0 Å². The van der Waals surface area contributed by atoms with E-state index in [1.54, 1.807) is 60.7 Å². The van der Waals surface area contributed by atoms with Gasteiger partial charge in [0.25, 0.3) is 0 Å². The number of hydrogen-bond donors (Lipinski definition) is 1. The van der Waals surface area contributed by atoms with Gasteiger partial charge in [-0.2, -0.15) is 18.3 Å². The van der Waals surface area contributed by atoms with E-state index in [-0.39, 0.29) is 4.99 Å². The maximum absolute atomic E-state index is 13.1. The van der Waals surface area contributed by atoms with Crippen molar-refractivity contribution in [3.8, 4) is 0 Å². The first-order chi connectivity index (χ1) is 11.3. The van der Waals surface area contributed by atoms with Crippen molar-refractivity contribution < 1.29 is 18.3 Å². The van der Waals surface area contributed by atoms with E-state index in [4.69, 9.17) is 12.2 Å². The molecule has 0 spiro atoms. The van der Waals surface area contributed by atoms with E-state index in [1.807, 2.05) is 0 Å². The number of thiocarbonyl (C=S) groups is 1. The van der Waals surface area contributed by atoms with Crippen LogP contribution in [0.2, 0.25) is 0 Å². The molecule has 2 aromatic carbocycles. The maximum Gasteiger partial charge on any atom is 0.431 e. The summed E-state index contributed by atoms with van der Waals surface area (Å²) in [5.74, 6) is 0. The number of hydrogen-bond acceptors (Lipinski definition) is 3. The van der Waals surface area contributed by atoms with Crippen LogP contribution in [-0.2, 0) is 5.72 Å². The topological polar surface area (TPSA) is 35.8 Å². The summed E-state index contributed by atoms with van der Waals surface area (Å²) in [6, 6.07) is 16.6. The van der Waals surface area contributed by atoms with Gasteiger partial charge in [-0.1, -0.05) is 72.9 Å². The van der Waals surface area contributed by atoms with Crippen LogP contribution in [-0.4, -0.2) is 27.0 Å². The fraction of sp³-hybridized carbons (Fsp3) is 0.176. The zero-order chi connectivity index (χ0) is 17.4. The van der Waals surface area contributed by atoms with Gasteiger partial charge in [0, 0.05) is 11.1 Å². The lowest BCUT2D eigenvalue weighted by atomic mass is 9.97. The Morgan fingerprint density at radius 1 is 1.04 bits per heavy atom. The number of benzene rings is 2. The first-order valence-corrected chi connectivity index (χ1v) is 7.55. The lowest BCUT2D eigenvalue weighted by molar-refractivity contribution is -0.0700. The lowest BCUT2D eigenvalue weighted by Crippen LogP contribution is -2.43. The fourth-order valence-corrected chi connectivity index (χ4v) is 2.88. The summed E-state index contributed by atoms with van der Waals surface area (Å²) < 4.78 is 39.4. The molecule has 3 rings (SSSR count). The molecular formula is C17H13F3N2OS. The van der Waals surface area contributed by atoms with Crippen molar-refractivity contribution in [3.05, 3.63) is 71.8 Å². The molecule has 0 radical (unpaired) electrons. The molecule has 0 amide bonds. The number of hydrazone groups is 1. The summed E-state index contributed by atoms with van der Waals surface area (Å²) in [5, 5.41) is 15.5. The van der Waals surface area contributed by atoms with Crippen LogP contribution in [0.4, 0.5) is 13.2 Å². The minimum atomic E-state index is -4.64. The SMILES string of the molecule is O[C@]1(c2ccccc2)CC(C(F)(F)F)=NN1C(=S)c1ccccc1. The van der Waals surface area contributed by atoms with Crippen LogP contribution < -0.4 is 0 Å². The van der Waals surface area contributed by atoms with E-state index in [0.717, 1.165) is 5.01 Å². The molecule has 2 aromatic rings. The smallest absolute Gasteiger partial charge is 0.365 e. The second kappa shape index (κ2) is 5.99. The van der Waals surface area contributed by atoms with Gasteiger partial charge in [-0.25, -0.2) is 5.01 Å². The second-order valence-electron chi connectivity index (χ2n) is 5.39. The Kier molecular flexibility index (Phi) is 4.15. The zero-order valence-corrected chi connectivity index (χ0v) is 13.2. The summed E-state index contributed by atoms with van der Waals surface area (Å²) in [5.41, 5.74) is -2.23. The highest BCUT2D eigenvalue weighted by atomic mass is 32.1. The average Bonchev–Trinajstić information content (AvgIpc) is 2.95. The van der Waals surface area contributed by atoms with Crippen molar-refractivity contribution in [2.24, 2.45) is 5.10 Å². The number of aliphatic hydroxyl groups is 1. The maximum atomic E-state index is 13.1. The third-order valence-corrected chi connectivity index (χ3v) is 4.17. The molecule has 0 aromatic heterocycles. The van der Waals surface area contributed by atoms with Gasteiger partial charge in [-0.3, -0.25) is 0 Å². The van der Waals surface area contributed by atoms with Crippen molar-refractivity contribution >= 4 is 22.9 Å². The molecule has 1 aliphatic heterocycles. The monoisotopic (exact) mass is 350 g/mol. The highest BCUT2D eigenvalue weighted by Crippen LogP contribution is 2.40. The number of nitrogens with zero attached hydrogens (tertiary/aromatic N) is 2. The van der Waals surface area contributed by atoms with Crippen LogP contribution in [0.15, 0.2) is 65.8 Å². The standard InChI is InChI=1S/C17H13F3N2OS/c18-17(19,20)14-11-16(23,13-9-5-2-6-10-13)22(21-14)15(24)12-7-3-1-4-8-12/h1-10,23H,11H2/t16-/m0/s1. The van der Waals surface area contributed by atoms with Crippen LogP contribution in [0.5, 0.6) is 0 Å². The van der Waals surface area contributed by atoms with Gasteiger partial charge in [0.05, 0.1) is 6.42 Å². The van der Waals surface area contributed by atoms with Crippen LogP contribution in [0, 0.1) is 0 Å². The molecule has 3 nitrogen and oxygen atoms in total. The lowest BCUT2D eigenvalue weighted by Gasteiger charge is -2.33. The van der Waals surface area contributed by atoms with Crippen molar-refractivity contribution in [1.82, 2.24) is 5.01 Å². The summed E-state index contributed by atoms with van der Waals surface area (Å²) in [6.07, 6.45) is -5.32. The van der Waals surface area contributed by atoms with E-state index < -0.39 is 24.0 Å². The predicted octanol–water partition coefficient (Wildman–Crippen LogP) is 3.83. The highest BCUT2D eigenvalue weighted by molar-refractivity contribution is 7.80. The Hall–Kier alpha value is -2.25. The summed E-state index contributed by atoms with van der Waals surface area (Å²) >= 11 is 5.30. The van der Waals surface area contributed by atoms with Crippen molar-refractivity contribution in [1.29, 1.82) is 0 Å². The number of halogens is 3. The molecule has 1 N–H and O–H groups in total. The highest BCUT2D eigenvalue weighted by Gasteiger charge is 2.52. The summed E-state index contributed by atoms with van der Waals surface area (Å²) in [6.45, 7) is 0. The Morgan fingerprint density at radius 3 is 2.12 bits per heavy atom. The average molecular weight is 350 g/mol. The van der Waals surface area contributed by atoms with Gasteiger partial charge in [-0.05, 0) is 0 Å². The molecule has 1 aliphatic rings. The Morgan fingerprint density at radius 2 is 1.58 bits per heavy atom. The number of rotatable bonds is 2. The molecule has 0 saturated carbocycles. The van der Waals surface area contributed by atoms with Crippen molar-refractivity contribution in [2.45, 2.75) is 18.3 Å². The first kappa shape index (κ1) is 16.6. The van der Waals surface area contributed by atoms with Crippen molar-refractivity contribution in [3.63, 3.8) is 0 Å². The quantitative estimate of drug-likeness (QED) is 0.836. The zero-order valence-electron chi connectivity index (χ0n) is 12.4. The van der Waals surface area contributed by atoms with Gasteiger partial charge >= 0.3 is 6.18 Å². The Bertz CT molecular complexity index is 777. The molecule has 1 heterocycles. The van der Waals surface area contributed by atoms with Crippen LogP contribution >= 0.6 is 12.2 Å². The number of alkyl halides is 3. The molecule has 7 heteroatoms. The molecule has 0 saturated heterocycles. The van der Waals surface area contributed by atoms with E-state index in [0.29, 0.717) is 11.1 Å². The van der Waals surface area contributed by atoms with Crippen molar-refractivity contribution in [2.75, 3.05) is 0 Å². The van der Waals surface area contributed by atoms with Crippen LogP contribution in [0.1, 0.15) is 17.5 Å². The fourth-order valence-electron chi connectivity index (χ4n) is 2.55. The van der Waals surface area contributed by atoms with Crippen LogP contribution in [0.3, 0.4) is 0 Å². The van der Waals surface area contributed by atoms with Gasteiger partial charge in [0.1, 0.15) is 10.7 Å². The molecule has 0 bridgehead atoms. The third kappa shape index (κ3) is 2.92. The first-order valence-electron chi connectivity index (χ1n) is 7.14. The third-order valence-electron chi connectivity index (χ3n) is 3.76. The minimum Gasteiger partial charge on any atom is -0.365 e. The summed E-state index contributed by atoms with van der Waals surface area (Å²) in [4.78, 5) is 0.0289. The minimum absolute atomic E-state index is 0.0289. The van der Waals surface area contributed by atoms with E-state index in [2.05, 4.69) is 5.10 Å². The molecule has 1 atom stereocenters. The van der Waals surface area contributed by atoms with Gasteiger partial charge < -0.3 is 5.11 Å². The molecule has 0 fully saturated rings. The molecule has 0 aliphatic carbocycles. The molecular weight excluding hydrogens is 337 g/mol. The largest absolute Gasteiger partial charge is 0.431 e. The predicted molar refractivity (Wildman–Crippen MR) is 88.4 cm³/mol. The molecule has 0 unspecified atom stereocenters. The molecule has 24 heavy (non-hydrogen) atoms. The Labute approximate surface area is 142 Å². The van der Waals surface area contributed by atoms with E-state index in [1.165, 1.54) is 0 Å². The van der Waals surface area contributed by atoms with Crippen LogP contribution in [0.25, 0.3) is 0 Å². The van der Waals surface area contributed by atoms with E-state index >= 15 is 0 Å². The normalized spacial score (nSPS) is 20.8. The summed E-state index contributed by atoms with van der Waals surface area (Å²) in [7, 11) is 0. The van der Waals surface area contributed by atoms with Gasteiger partial charge in [-0.15, -0.1) is 0 Å².